The Morgan fingerprint density at radius 3 is 2.79 bits per heavy atom. The molecule has 0 radical (unpaired) electrons. The van der Waals surface area contributed by atoms with Gasteiger partial charge in [-0.3, -0.25) is 4.90 Å². The molecule has 5 rings (SSSR count). The van der Waals surface area contributed by atoms with Gasteiger partial charge in [-0.1, -0.05) is 11.2 Å². The standard InChI is InChI=1S/C26H31F2N9O/c1-14-31-24-17(27)9-16(10-20(24)37(14)26(2,3)4)23-18(28)11-30-25(34-23)33-22-6-5-15-12-36(13-21(29)35-38)8-7-19(15)32-22/h5-6,9-11,25,34,38H,7-8,12-13H2,1-4H3,(H2,29,35)(H,32,33). The third-order valence-electron chi connectivity index (χ3n) is 6.62. The van der Waals surface area contributed by atoms with E-state index in [9.17, 15) is 4.39 Å². The number of amidine groups is 1. The van der Waals surface area contributed by atoms with Gasteiger partial charge in [0.2, 0.25) is 0 Å². The maximum absolute atomic E-state index is 15.1. The Balaban J connectivity index is 1.36. The molecule has 38 heavy (non-hydrogen) atoms. The number of anilines is 1. The van der Waals surface area contributed by atoms with Gasteiger partial charge in [0, 0.05) is 36.3 Å². The number of halogens is 2. The molecule has 1 unspecified atom stereocenters. The summed E-state index contributed by atoms with van der Waals surface area (Å²) in [6, 6.07) is 6.83. The number of imidazole rings is 1. The fourth-order valence-corrected chi connectivity index (χ4v) is 5.08. The summed E-state index contributed by atoms with van der Waals surface area (Å²) in [7, 11) is 0. The number of hydrogen-bond donors (Lipinski definition) is 4. The largest absolute Gasteiger partial charge is 0.409 e. The van der Waals surface area contributed by atoms with E-state index in [0.29, 0.717) is 42.2 Å². The Morgan fingerprint density at radius 2 is 2.05 bits per heavy atom. The summed E-state index contributed by atoms with van der Waals surface area (Å²) in [4.78, 5) is 15.4. The lowest BCUT2D eigenvalue weighted by Crippen LogP contribution is -2.38. The summed E-state index contributed by atoms with van der Waals surface area (Å²) >= 11 is 0. The molecule has 12 heteroatoms. The third-order valence-corrected chi connectivity index (χ3v) is 6.62. The second-order valence-electron chi connectivity index (χ2n) is 10.5. The number of aryl methyl sites for hydroxylation is 1. The lowest BCUT2D eigenvalue weighted by atomic mass is 10.1. The number of aromatic nitrogens is 3. The van der Waals surface area contributed by atoms with Crippen LogP contribution in [0.3, 0.4) is 0 Å². The Morgan fingerprint density at radius 1 is 1.26 bits per heavy atom. The van der Waals surface area contributed by atoms with Gasteiger partial charge in [-0.25, -0.2) is 23.7 Å². The van der Waals surface area contributed by atoms with Gasteiger partial charge >= 0.3 is 0 Å². The minimum atomic E-state index is -0.705. The zero-order valence-electron chi connectivity index (χ0n) is 21.8. The molecule has 3 aromatic rings. The van der Waals surface area contributed by atoms with E-state index in [-0.39, 0.29) is 22.6 Å². The number of nitrogens with zero attached hydrogens (tertiary/aromatic N) is 6. The van der Waals surface area contributed by atoms with Crippen LogP contribution in [0.2, 0.25) is 0 Å². The van der Waals surface area contributed by atoms with Gasteiger partial charge < -0.3 is 26.1 Å². The van der Waals surface area contributed by atoms with Gasteiger partial charge in [-0.15, -0.1) is 0 Å². The molecule has 0 saturated heterocycles. The molecule has 2 aliphatic rings. The van der Waals surface area contributed by atoms with Crippen molar-refractivity contribution in [3.63, 3.8) is 0 Å². The molecular formula is C26H31F2N9O. The highest BCUT2D eigenvalue weighted by Gasteiger charge is 2.25. The first-order valence-corrected chi connectivity index (χ1v) is 12.4. The van der Waals surface area contributed by atoms with Crippen LogP contribution in [0.4, 0.5) is 14.6 Å². The number of rotatable bonds is 5. The second-order valence-corrected chi connectivity index (χ2v) is 10.5. The quantitative estimate of drug-likeness (QED) is 0.175. The highest BCUT2D eigenvalue weighted by Crippen LogP contribution is 2.31. The number of nitrogens with two attached hydrogens (primary N) is 1. The first-order chi connectivity index (χ1) is 18.0. The van der Waals surface area contributed by atoms with Crippen LogP contribution in [-0.2, 0) is 18.5 Å². The number of pyridine rings is 1. The normalized spacial score (nSPS) is 18.6. The predicted molar refractivity (Wildman–Crippen MR) is 143 cm³/mol. The number of nitrogens with one attached hydrogen (secondary N) is 2. The van der Waals surface area contributed by atoms with Gasteiger partial charge in [-0.05, 0) is 51.5 Å². The van der Waals surface area contributed by atoms with Crippen LogP contribution in [0.25, 0.3) is 16.7 Å². The van der Waals surface area contributed by atoms with Crippen molar-refractivity contribution >= 4 is 34.6 Å². The van der Waals surface area contributed by atoms with E-state index in [1.54, 1.807) is 6.07 Å². The predicted octanol–water partition coefficient (Wildman–Crippen LogP) is 3.45. The lowest BCUT2D eigenvalue weighted by molar-refractivity contribution is 0.275. The SMILES string of the molecule is Cc1nc2c(F)cc(C3=C(F)C=NC(Nc4ccc5c(n4)CCN(C/C(N)=N/O)C5)N3)cc2n1C(C)(C)C. The van der Waals surface area contributed by atoms with E-state index < -0.39 is 17.9 Å². The number of benzene rings is 1. The molecule has 0 saturated carbocycles. The van der Waals surface area contributed by atoms with Crippen molar-refractivity contribution in [2.24, 2.45) is 15.9 Å². The third kappa shape index (κ3) is 4.91. The van der Waals surface area contributed by atoms with Crippen molar-refractivity contribution in [3.05, 3.63) is 58.6 Å². The Labute approximate surface area is 219 Å². The van der Waals surface area contributed by atoms with Crippen molar-refractivity contribution in [1.82, 2.24) is 24.8 Å². The van der Waals surface area contributed by atoms with Crippen LogP contribution in [0.15, 0.2) is 40.2 Å². The number of fused-ring (bicyclic) bond motifs is 2. The average molecular weight is 524 g/mol. The maximum atomic E-state index is 15.1. The molecule has 0 spiro atoms. The maximum Gasteiger partial charge on any atom is 0.195 e. The second kappa shape index (κ2) is 9.67. The summed E-state index contributed by atoms with van der Waals surface area (Å²) in [6.45, 7) is 9.60. The zero-order valence-corrected chi connectivity index (χ0v) is 21.8. The number of aliphatic imine (C=N–C) groups is 1. The monoisotopic (exact) mass is 523 g/mol. The van der Waals surface area contributed by atoms with E-state index in [1.165, 1.54) is 6.07 Å². The van der Waals surface area contributed by atoms with E-state index in [0.717, 1.165) is 24.0 Å². The highest BCUT2D eigenvalue weighted by atomic mass is 19.1. The van der Waals surface area contributed by atoms with Crippen molar-refractivity contribution in [2.75, 3.05) is 18.4 Å². The minimum Gasteiger partial charge on any atom is -0.409 e. The smallest absolute Gasteiger partial charge is 0.195 e. The topological polar surface area (TPSA) is 129 Å². The van der Waals surface area contributed by atoms with E-state index >= 15 is 4.39 Å². The zero-order chi connectivity index (χ0) is 27.2. The van der Waals surface area contributed by atoms with Crippen molar-refractivity contribution < 1.29 is 14.0 Å². The minimum absolute atomic E-state index is 0.134. The first-order valence-electron chi connectivity index (χ1n) is 12.4. The van der Waals surface area contributed by atoms with Gasteiger partial charge in [0.05, 0.1) is 24.0 Å². The highest BCUT2D eigenvalue weighted by molar-refractivity contribution is 5.92. The fourth-order valence-electron chi connectivity index (χ4n) is 5.08. The Kier molecular flexibility index (Phi) is 6.51. The summed E-state index contributed by atoms with van der Waals surface area (Å²) < 4.78 is 32.0. The van der Waals surface area contributed by atoms with Crippen LogP contribution in [-0.4, -0.2) is 56.1 Å². The van der Waals surface area contributed by atoms with Crippen LogP contribution >= 0.6 is 0 Å². The van der Waals surface area contributed by atoms with Gasteiger partial charge in [-0.2, -0.15) is 0 Å². The summed E-state index contributed by atoms with van der Waals surface area (Å²) in [6.07, 6.45) is 1.12. The number of allylic oxidation sites excluding steroid dienone is 1. The fraction of sp³-hybridized carbons (Fsp3) is 0.385. The summed E-state index contributed by atoms with van der Waals surface area (Å²) in [5, 5.41) is 18.1. The van der Waals surface area contributed by atoms with Crippen LogP contribution < -0.4 is 16.4 Å². The van der Waals surface area contributed by atoms with Crippen LogP contribution in [0.5, 0.6) is 0 Å². The van der Waals surface area contributed by atoms with E-state index in [2.05, 4.69) is 30.7 Å². The van der Waals surface area contributed by atoms with Crippen molar-refractivity contribution in [3.8, 4) is 0 Å². The van der Waals surface area contributed by atoms with Gasteiger partial charge in [0.25, 0.3) is 0 Å². The molecule has 2 aliphatic heterocycles. The Hall–Kier alpha value is -4.06. The molecular weight excluding hydrogens is 492 g/mol. The molecule has 0 aliphatic carbocycles. The van der Waals surface area contributed by atoms with E-state index in [1.807, 2.05) is 44.4 Å². The number of hydrogen-bond acceptors (Lipinski definition) is 8. The van der Waals surface area contributed by atoms with Crippen LogP contribution in [0.1, 0.15) is 43.4 Å². The van der Waals surface area contributed by atoms with Crippen molar-refractivity contribution in [2.45, 2.75) is 52.5 Å². The molecule has 0 fully saturated rings. The molecule has 200 valence electrons. The molecule has 4 heterocycles. The molecule has 1 aromatic carbocycles. The molecule has 0 amide bonds. The van der Waals surface area contributed by atoms with Gasteiger partial charge in [0.15, 0.2) is 23.8 Å². The summed E-state index contributed by atoms with van der Waals surface area (Å²) in [5.41, 5.74) is 8.63. The molecule has 1 atom stereocenters. The Bertz CT molecular complexity index is 1490. The lowest BCUT2D eigenvalue weighted by Gasteiger charge is -2.28. The van der Waals surface area contributed by atoms with Crippen LogP contribution in [0, 0.1) is 12.7 Å². The molecule has 2 aromatic heterocycles. The van der Waals surface area contributed by atoms with Crippen molar-refractivity contribution in [1.29, 1.82) is 0 Å². The average Bonchev–Trinajstić information content (AvgIpc) is 3.22. The molecule has 10 nitrogen and oxygen atoms in total. The van der Waals surface area contributed by atoms with E-state index in [4.69, 9.17) is 15.9 Å². The first kappa shape index (κ1) is 25.6. The molecule has 0 bridgehead atoms. The summed E-state index contributed by atoms with van der Waals surface area (Å²) in [5.74, 6) is 0.309. The molecule has 5 N–H and O–H groups in total. The number of oxime groups is 1. The van der Waals surface area contributed by atoms with Gasteiger partial charge in [0.1, 0.15) is 17.2 Å².